The number of phenolic OH excluding ortho intramolecular Hbond substituents is 2. The van der Waals surface area contributed by atoms with E-state index in [0.717, 1.165) is 78.5 Å². The lowest BCUT2D eigenvalue weighted by atomic mass is 9.56. The summed E-state index contributed by atoms with van der Waals surface area (Å²) in [6, 6.07) is 16.4. The molecule has 1 aromatic heterocycles. The van der Waals surface area contributed by atoms with Gasteiger partial charge in [0.15, 0.2) is 23.1 Å². The summed E-state index contributed by atoms with van der Waals surface area (Å²) in [6.45, 7) is -0.0388. The number of aromatic nitrogens is 1. The van der Waals surface area contributed by atoms with E-state index in [2.05, 4.69) is 29.0 Å². The number of hydrogen-bond donors (Lipinski definition) is 8. The number of H-pyrrole nitrogens is 1. The number of aromatic amines is 1. The van der Waals surface area contributed by atoms with Gasteiger partial charge in [0.25, 0.3) is 0 Å². The van der Waals surface area contributed by atoms with Gasteiger partial charge in [-0.15, -0.1) is 0 Å². The molecule has 5 aliphatic rings. The number of allylic oxidation sites excluding steroid dienone is 2. The molecule has 0 saturated heterocycles. The highest BCUT2D eigenvalue weighted by Gasteiger charge is 2.55. The number of ether oxygens (including phenoxy) is 1. The number of nitrogens with one attached hydrogen (secondary N) is 1. The zero-order valence-corrected chi connectivity index (χ0v) is 40.3. The summed E-state index contributed by atoms with van der Waals surface area (Å²) in [5.74, 6) is 8.26. The topological polar surface area (TPSA) is 212 Å². The molecular formula is C55H65N3O8S2. The van der Waals surface area contributed by atoms with Crippen LogP contribution in [-0.2, 0) is 29.8 Å². The Bertz CT molecular complexity index is 2600. The van der Waals surface area contributed by atoms with E-state index in [-0.39, 0.29) is 66.4 Å². The van der Waals surface area contributed by atoms with E-state index < -0.39 is 29.7 Å². The van der Waals surface area contributed by atoms with Crippen molar-refractivity contribution in [1.82, 2.24) is 4.98 Å². The van der Waals surface area contributed by atoms with Crippen LogP contribution >= 0.6 is 21.6 Å². The highest BCUT2D eigenvalue weighted by atomic mass is 33.1. The van der Waals surface area contributed by atoms with Crippen molar-refractivity contribution in [3.05, 3.63) is 123 Å². The number of carbonyl (C=O) groups excluding carboxylic acids is 2. The molecule has 3 fully saturated rings. The van der Waals surface area contributed by atoms with Gasteiger partial charge in [-0.1, -0.05) is 70.2 Å². The molecule has 68 heavy (non-hydrogen) atoms. The fourth-order valence-corrected chi connectivity index (χ4v) is 15.1. The van der Waals surface area contributed by atoms with Gasteiger partial charge in [-0.05, 0) is 151 Å². The Morgan fingerprint density at radius 1 is 0.897 bits per heavy atom. The van der Waals surface area contributed by atoms with Gasteiger partial charge in [0.2, 0.25) is 0 Å². The van der Waals surface area contributed by atoms with E-state index >= 15 is 0 Å². The number of carbonyl (C=O) groups is 2. The zero-order valence-electron chi connectivity index (χ0n) is 38.6. The number of aliphatic hydroxyl groups is 3. The molecule has 8 bridgehead atoms. The Labute approximate surface area is 407 Å². The molecule has 3 saturated carbocycles. The van der Waals surface area contributed by atoms with Crippen LogP contribution in [0.15, 0.2) is 72.9 Å². The fraction of sp³-hybridized carbons (Fsp3) is 0.491. The number of hydrogen-bond acceptors (Lipinski definition) is 12. The number of benzene rings is 3. The van der Waals surface area contributed by atoms with E-state index in [9.17, 15) is 35.1 Å². The van der Waals surface area contributed by atoms with E-state index in [4.69, 9.17) is 16.2 Å². The predicted octanol–water partition coefficient (Wildman–Crippen LogP) is 8.32. The third-order valence-electron chi connectivity index (χ3n) is 16.1. The van der Waals surface area contributed by atoms with Gasteiger partial charge >= 0.3 is 0 Å². The maximum Gasteiger partial charge on any atom is 0.165 e. The summed E-state index contributed by atoms with van der Waals surface area (Å²) in [7, 11) is 3.36. The molecular weight excluding hydrogens is 895 g/mol. The molecule has 360 valence electrons. The van der Waals surface area contributed by atoms with E-state index in [0.29, 0.717) is 72.0 Å². The molecule has 0 amide bonds. The van der Waals surface area contributed by atoms with Crippen LogP contribution < -0.4 is 16.2 Å². The first kappa shape index (κ1) is 48.5. The standard InChI is InChI=1S/C55H65N3O8S2/c56-53(57)44-23-35-3-1-5-47-42(15-19-58-47)50(64)25-45-43(35)24-36(44)31-67-68-32-37-26-55(29-51(37)65,39-10-9-38-4-2-17-54(38,27-39)28-41(61)30-59)18-14-40(60)11-6-33-8-13-49(63)52(22-33)66-20-16-34-7-12-48(62)46(45)21-34/h7-8,12-15,18-19,21-24,37-39,41,45,51,53,58-59,61-63,65H,2,4-6,9-11,16-17,20,25-32,56-57H2/b18-14-/t37-,38+,39+,41+,45-,51-,54-,55-/m1/s1. The van der Waals surface area contributed by atoms with Gasteiger partial charge in [-0.2, -0.15) is 0 Å². The molecule has 3 aromatic carbocycles. The van der Waals surface area contributed by atoms with Crippen LogP contribution in [0.4, 0.5) is 0 Å². The molecule has 4 aliphatic carbocycles. The summed E-state index contributed by atoms with van der Waals surface area (Å²) in [6.07, 6.45) is 13.1. The minimum Gasteiger partial charge on any atom is -0.508 e. The lowest BCUT2D eigenvalue weighted by molar-refractivity contribution is -0.114. The van der Waals surface area contributed by atoms with Gasteiger partial charge in [0, 0.05) is 65.3 Å². The van der Waals surface area contributed by atoms with Crippen molar-refractivity contribution in [2.75, 3.05) is 19.0 Å². The summed E-state index contributed by atoms with van der Waals surface area (Å²) >= 11 is 0. The third-order valence-corrected chi connectivity index (χ3v) is 18.5. The first-order chi connectivity index (χ1) is 32.8. The van der Waals surface area contributed by atoms with Crippen molar-refractivity contribution >= 4 is 33.2 Å². The van der Waals surface area contributed by atoms with Gasteiger partial charge < -0.3 is 46.7 Å². The van der Waals surface area contributed by atoms with Crippen molar-refractivity contribution < 1.29 is 39.9 Å². The Kier molecular flexibility index (Phi) is 14.9. The van der Waals surface area contributed by atoms with Gasteiger partial charge in [0.05, 0.1) is 38.0 Å². The SMILES string of the molecule is NC(N)c1cc2c3cc1CSSC[C@H]1C[C@]([C@H]4CC[C@@H]5CCC[C@]5(C[C@H](O)CO)C4)(/C=C\C(=O)CCc4ccc(O)c(c4)OCCc4ccc(O)c(c4)[C@@H]3CC(=O)c3cc[nH]c3CC#C2)C[C@H]1O. The van der Waals surface area contributed by atoms with Crippen molar-refractivity contribution in [3.63, 3.8) is 0 Å². The lowest BCUT2D eigenvalue weighted by Gasteiger charge is -2.49. The first-order valence-corrected chi connectivity index (χ1v) is 26.9. The monoisotopic (exact) mass is 959 g/mol. The maximum absolute atomic E-state index is 14.2. The lowest BCUT2D eigenvalue weighted by Crippen LogP contribution is -2.42. The predicted molar refractivity (Wildman–Crippen MR) is 267 cm³/mol. The van der Waals surface area contributed by atoms with E-state index in [1.165, 1.54) is 0 Å². The van der Waals surface area contributed by atoms with Crippen LogP contribution in [0.2, 0.25) is 0 Å². The van der Waals surface area contributed by atoms with Gasteiger partial charge in [-0.3, -0.25) is 9.59 Å². The number of ketones is 2. The van der Waals surface area contributed by atoms with E-state index in [1.54, 1.807) is 58.1 Å². The molecule has 1 aliphatic heterocycles. The number of aryl methyl sites for hydroxylation is 1. The highest BCUT2D eigenvalue weighted by molar-refractivity contribution is 8.76. The van der Waals surface area contributed by atoms with Crippen LogP contribution in [0.3, 0.4) is 0 Å². The number of rotatable bonds is 5. The zero-order chi connectivity index (χ0) is 47.6. The molecule has 10 N–H and O–H groups in total. The third kappa shape index (κ3) is 10.3. The maximum atomic E-state index is 14.2. The minimum atomic E-state index is -0.801. The number of nitrogens with two attached hydrogens (primary N) is 2. The number of aliphatic hydroxyl groups excluding tert-OH is 3. The molecule has 8 atom stereocenters. The molecule has 0 unspecified atom stereocenters. The van der Waals surface area contributed by atoms with Crippen LogP contribution in [0.1, 0.15) is 138 Å². The average molecular weight is 960 g/mol. The minimum absolute atomic E-state index is 0.00291. The summed E-state index contributed by atoms with van der Waals surface area (Å²) in [4.78, 5) is 31.2. The Morgan fingerprint density at radius 3 is 2.53 bits per heavy atom. The summed E-state index contributed by atoms with van der Waals surface area (Å²) in [5, 5.41) is 55.1. The number of fused-ring (bicyclic) bond motifs is 10. The first-order valence-electron chi connectivity index (χ1n) is 24.4. The molecule has 0 spiro atoms. The average Bonchev–Trinajstić information content (AvgIpc) is 4.06. The Balaban J connectivity index is 1.07. The molecule has 2 heterocycles. The van der Waals surface area contributed by atoms with Crippen molar-refractivity contribution in [1.29, 1.82) is 0 Å². The highest BCUT2D eigenvalue weighted by Crippen LogP contribution is 2.63. The number of phenols is 2. The largest absolute Gasteiger partial charge is 0.508 e. The van der Waals surface area contributed by atoms with Crippen molar-refractivity contribution in [3.8, 4) is 29.1 Å². The molecule has 11 nitrogen and oxygen atoms in total. The van der Waals surface area contributed by atoms with Crippen molar-refractivity contribution in [2.24, 2.45) is 40.1 Å². The second kappa shape index (κ2) is 20.8. The van der Waals surface area contributed by atoms with Crippen LogP contribution in [0, 0.1) is 40.4 Å². The smallest absolute Gasteiger partial charge is 0.165 e. The Hall–Kier alpha value is -4.52. The second-order valence-corrected chi connectivity index (χ2v) is 22.8. The quantitative estimate of drug-likeness (QED) is 0.0539. The van der Waals surface area contributed by atoms with Crippen molar-refractivity contribution in [2.45, 2.75) is 120 Å². The summed E-state index contributed by atoms with van der Waals surface area (Å²) in [5.41, 5.74) is 19.2. The van der Waals surface area contributed by atoms with E-state index in [1.807, 2.05) is 24.3 Å². The fourth-order valence-electron chi connectivity index (χ4n) is 12.6. The molecule has 13 heteroatoms. The van der Waals surface area contributed by atoms with Crippen LogP contribution in [-0.4, -0.2) is 73.3 Å². The normalized spacial score (nSPS) is 28.8. The van der Waals surface area contributed by atoms with Gasteiger partial charge in [-0.25, -0.2) is 0 Å². The van der Waals surface area contributed by atoms with Gasteiger partial charge in [0.1, 0.15) is 5.75 Å². The Morgan fingerprint density at radius 2 is 1.71 bits per heavy atom. The molecule has 4 aromatic rings. The van der Waals surface area contributed by atoms with Crippen LogP contribution in [0.5, 0.6) is 17.2 Å². The molecule has 0 radical (unpaired) electrons. The number of aromatic hydroxyl groups is 2. The summed E-state index contributed by atoms with van der Waals surface area (Å²) < 4.78 is 6.17. The number of Topliss-reactive ketones (excluding diaryl/α,β-unsaturated/α-hetero) is 1. The second-order valence-electron chi connectivity index (χ2n) is 20.3. The van der Waals surface area contributed by atoms with Crippen LogP contribution in [0.25, 0.3) is 0 Å². The molecule has 9 rings (SSSR count).